The van der Waals surface area contributed by atoms with E-state index in [0.717, 1.165) is 45.5 Å². The van der Waals surface area contributed by atoms with Crippen LogP contribution in [0.2, 0.25) is 0 Å². The second-order valence-corrected chi connectivity index (χ2v) is 11.1. The third-order valence-corrected chi connectivity index (χ3v) is 8.01. The van der Waals surface area contributed by atoms with Crippen molar-refractivity contribution < 1.29 is 10.2 Å². The Kier molecular flexibility index (Phi) is 10.5. The summed E-state index contributed by atoms with van der Waals surface area (Å²) in [6, 6.07) is 20.7. The molecule has 2 nitrogen and oxygen atoms in total. The predicted octanol–water partition coefficient (Wildman–Crippen LogP) is 10.9. The molecule has 0 aliphatic heterocycles. The molecule has 0 aliphatic rings. The van der Waals surface area contributed by atoms with Gasteiger partial charge in [0.05, 0.1) is 0 Å². The van der Waals surface area contributed by atoms with E-state index in [1.807, 2.05) is 12.1 Å². The van der Waals surface area contributed by atoms with E-state index >= 15 is 0 Å². The lowest BCUT2D eigenvalue weighted by atomic mass is 9.90. The summed E-state index contributed by atoms with van der Waals surface area (Å²) in [6.07, 6.45) is 17.7. The molecule has 0 saturated heterocycles. The fourth-order valence-corrected chi connectivity index (χ4v) is 5.79. The van der Waals surface area contributed by atoms with E-state index in [0.29, 0.717) is 0 Å². The van der Waals surface area contributed by atoms with Crippen molar-refractivity contribution in [2.45, 2.75) is 104 Å². The quantitative estimate of drug-likeness (QED) is 0.156. The normalized spacial score (nSPS) is 11.5. The van der Waals surface area contributed by atoms with Gasteiger partial charge < -0.3 is 10.2 Å². The van der Waals surface area contributed by atoms with Gasteiger partial charge in [-0.25, -0.2) is 0 Å². The SMILES string of the molecule is CCCCCCCCc1ccc2c(-c3c(O)ccc4cc(CCCCCCCC)ccc34)c(O)ccc2c1. The summed E-state index contributed by atoms with van der Waals surface area (Å²) in [5, 5.41) is 26.2. The van der Waals surface area contributed by atoms with Crippen molar-refractivity contribution in [3.63, 3.8) is 0 Å². The molecule has 0 radical (unpaired) electrons. The Morgan fingerprint density at radius 1 is 0.447 bits per heavy atom. The van der Waals surface area contributed by atoms with Crippen molar-refractivity contribution in [1.29, 1.82) is 0 Å². The summed E-state index contributed by atoms with van der Waals surface area (Å²) in [4.78, 5) is 0. The van der Waals surface area contributed by atoms with Gasteiger partial charge in [-0.15, -0.1) is 0 Å². The van der Waals surface area contributed by atoms with Crippen LogP contribution in [0.1, 0.15) is 102 Å². The van der Waals surface area contributed by atoms with Crippen LogP contribution in [0.5, 0.6) is 11.5 Å². The average molecular weight is 511 g/mol. The van der Waals surface area contributed by atoms with Crippen LogP contribution in [0.3, 0.4) is 0 Å². The molecule has 202 valence electrons. The van der Waals surface area contributed by atoms with Crippen LogP contribution in [0, 0.1) is 0 Å². The highest BCUT2D eigenvalue weighted by Crippen LogP contribution is 2.44. The van der Waals surface area contributed by atoms with E-state index < -0.39 is 0 Å². The minimum Gasteiger partial charge on any atom is -0.507 e. The molecular weight excluding hydrogens is 464 g/mol. The summed E-state index contributed by atoms with van der Waals surface area (Å²) in [7, 11) is 0. The second-order valence-electron chi connectivity index (χ2n) is 11.1. The predicted molar refractivity (Wildman–Crippen MR) is 164 cm³/mol. The van der Waals surface area contributed by atoms with Crippen LogP contribution in [-0.4, -0.2) is 10.2 Å². The summed E-state index contributed by atoms with van der Waals surface area (Å²) in [5.74, 6) is 0.417. The first kappa shape index (κ1) is 28.0. The number of unbranched alkanes of at least 4 members (excludes halogenated alkanes) is 10. The molecule has 4 rings (SSSR count). The van der Waals surface area contributed by atoms with Gasteiger partial charge in [-0.3, -0.25) is 0 Å². The summed E-state index contributed by atoms with van der Waals surface area (Å²) in [6.45, 7) is 4.52. The first-order chi connectivity index (χ1) is 18.6. The molecule has 4 aromatic carbocycles. The number of hydrogen-bond donors (Lipinski definition) is 2. The largest absolute Gasteiger partial charge is 0.507 e. The lowest BCUT2D eigenvalue weighted by molar-refractivity contribution is 0.470. The molecule has 2 N–H and O–H groups in total. The molecule has 0 unspecified atom stereocenters. The molecule has 2 heteroatoms. The van der Waals surface area contributed by atoms with E-state index in [2.05, 4.69) is 50.2 Å². The van der Waals surface area contributed by atoms with Crippen LogP contribution >= 0.6 is 0 Å². The van der Waals surface area contributed by atoms with Gasteiger partial charge in [-0.05, 0) is 70.5 Å². The monoisotopic (exact) mass is 510 g/mol. The van der Waals surface area contributed by atoms with Crippen molar-refractivity contribution in [3.05, 3.63) is 71.8 Å². The first-order valence-electron chi connectivity index (χ1n) is 15.1. The van der Waals surface area contributed by atoms with Crippen LogP contribution in [-0.2, 0) is 12.8 Å². The Labute approximate surface area is 229 Å². The third-order valence-electron chi connectivity index (χ3n) is 8.01. The summed E-state index contributed by atoms with van der Waals surface area (Å²) >= 11 is 0. The molecule has 0 fully saturated rings. The standard InChI is InChI=1S/C36H46O2/c1-3-5-7-9-11-13-15-27-17-21-31-29(25-27)19-23-33(37)35(31)36-32-22-18-28(16-14-12-10-8-6-4-2)26-30(32)20-24-34(36)38/h17-26,37-38H,3-16H2,1-2H3. The van der Waals surface area contributed by atoms with Gasteiger partial charge >= 0.3 is 0 Å². The highest BCUT2D eigenvalue weighted by Gasteiger charge is 2.17. The molecule has 0 aliphatic carbocycles. The number of phenols is 2. The Morgan fingerprint density at radius 2 is 0.842 bits per heavy atom. The zero-order valence-electron chi connectivity index (χ0n) is 23.6. The molecular formula is C36H46O2. The third kappa shape index (κ3) is 7.10. The molecule has 38 heavy (non-hydrogen) atoms. The van der Waals surface area contributed by atoms with Crippen LogP contribution < -0.4 is 0 Å². The Bertz CT molecular complexity index is 1220. The van der Waals surface area contributed by atoms with Gasteiger partial charge in [0.1, 0.15) is 11.5 Å². The molecule has 0 atom stereocenters. The Balaban J connectivity index is 1.57. The smallest absolute Gasteiger partial charge is 0.124 e. The van der Waals surface area contributed by atoms with Crippen molar-refractivity contribution in [3.8, 4) is 22.6 Å². The van der Waals surface area contributed by atoms with Gasteiger partial charge in [0, 0.05) is 11.1 Å². The van der Waals surface area contributed by atoms with Gasteiger partial charge in [0.25, 0.3) is 0 Å². The van der Waals surface area contributed by atoms with Gasteiger partial charge in [0.15, 0.2) is 0 Å². The number of aryl methyl sites for hydroxylation is 2. The fraction of sp³-hybridized carbons (Fsp3) is 0.444. The first-order valence-corrected chi connectivity index (χ1v) is 15.1. The van der Waals surface area contributed by atoms with Crippen molar-refractivity contribution in [2.24, 2.45) is 0 Å². The lowest BCUT2D eigenvalue weighted by Gasteiger charge is -2.15. The topological polar surface area (TPSA) is 40.5 Å². The molecule has 4 aromatic rings. The van der Waals surface area contributed by atoms with Crippen LogP contribution in [0.4, 0.5) is 0 Å². The van der Waals surface area contributed by atoms with E-state index in [1.54, 1.807) is 12.1 Å². The zero-order valence-corrected chi connectivity index (χ0v) is 23.6. The maximum absolute atomic E-state index is 11.0. The van der Waals surface area contributed by atoms with Crippen molar-refractivity contribution in [1.82, 2.24) is 0 Å². The van der Waals surface area contributed by atoms with Crippen molar-refractivity contribution in [2.75, 3.05) is 0 Å². The number of rotatable bonds is 15. The molecule has 0 bridgehead atoms. The molecule has 0 aromatic heterocycles. The number of benzene rings is 4. The van der Waals surface area contributed by atoms with Gasteiger partial charge in [-0.1, -0.05) is 127 Å². The minimum absolute atomic E-state index is 0.208. The number of phenolic OH excluding ortho intramolecular Hbond substituents is 2. The average Bonchev–Trinajstić information content (AvgIpc) is 2.93. The van der Waals surface area contributed by atoms with E-state index in [-0.39, 0.29) is 11.5 Å². The molecule has 0 heterocycles. The molecule has 0 spiro atoms. The van der Waals surface area contributed by atoms with Gasteiger partial charge in [0.2, 0.25) is 0 Å². The highest BCUT2D eigenvalue weighted by molar-refractivity contribution is 6.09. The van der Waals surface area contributed by atoms with E-state index in [4.69, 9.17) is 0 Å². The lowest BCUT2D eigenvalue weighted by Crippen LogP contribution is -1.91. The number of aromatic hydroxyl groups is 2. The number of hydrogen-bond acceptors (Lipinski definition) is 2. The summed E-state index contributed by atoms with van der Waals surface area (Å²) < 4.78 is 0. The van der Waals surface area contributed by atoms with Crippen LogP contribution in [0.25, 0.3) is 32.7 Å². The summed E-state index contributed by atoms with van der Waals surface area (Å²) in [5.41, 5.74) is 4.12. The highest BCUT2D eigenvalue weighted by atomic mass is 16.3. The maximum Gasteiger partial charge on any atom is 0.124 e. The van der Waals surface area contributed by atoms with Crippen LogP contribution in [0.15, 0.2) is 60.7 Å². The maximum atomic E-state index is 11.0. The van der Waals surface area contributed by atoms with E-state index in [1.165, 1.54) is 88.2 Å². The van der Waals surface area contributed by atoms with Crippen molar-refractivity contribution >= 4 is 21.5 Å². The molecule has 0 saturated carbocycles. The zero-order chi connectivity index (χ0) is 26.7. The Morgan fingerprint density at radius 3 is 1.26 bits per heavy atom. The minimum atomic E-state index is 0.208. The molecule has 0 amide bonds. The number of fused-ring (bicyclic) bond motifs is 2. The second kappa shape index (κ2) is 14.2. The van der Waals surface area contributed by atoms with Gasteiger partial charge in [-0.2, -0.15) is 0 Å². The fourth-order valence-electron chi connectivity index (χ4n) is 5.79. The Hall–Kier alpha value is -3.00. The van der Waals surface area contributed by atoms with E-state index in [9.17, 15) is 10.2 Å².